The van der Waals surface area contributed by atoms with Crippen LogP contribution in [0.4, 0.5) is 0 Å². The zero-order chi connectivity index (χ0) is 29.5. The SMILES string of the molecule is CC(C)(C)c1ccc2c(c1)-c1cc(C(C)(C)C)ccc1[CH]2[Ti+2]([C]1=CC=CC1)=[C](Cc1ccccc1)Cc1ccccc1.[Cl-].[Cl-]. The average molecular weight is 656 g/mol. The molecule has 0 atom stereocenters. The Morgan fingerprint density at radius 1 is 0.636 bits per heavy atom. The Balaban J connectivity index is 0.00000221. The molecule has 0 saturated heterocycles. The summed E-state index contributed by atoms with van der Waals surface area (Å²) in [7, 11) is 0. The van der Waals surface area contributed by atoms with Crippen molar-refractivity contribution in [2.45, 2.75) is 75.9 Å². The number of allylic oxidation sites excluding steroid dienone is 4. The number of halogens is 2. The normalized spacial score (nSPS) is 13.6. The number of hydrogen-bond donors (Lipinski definition) is 0. The maximum Gasteiger partial charge on any atom is -1.00 e. The van der Waals surface area contributed by atoms with Crippen LogP contribution in [-0.2, 0) is 41.1 Å². The summed E-state index contributed by atoms with van der Waals surface area (Å²) in [6, 6.07) is 37.3. The van der Waals surface area contributed by atoms with Crippen LogP contribution < -0.4 is 24.8 Å². The summed E-state index contributed by atoms with van der Waals surface area (Å²) in [4.78, 5) is 0. The topological polar surface area (TPSA) is 0 Å². The van der Waals surface area contributed by atoms with Gasteiger partial charge in [0.25, 0.3) is 0 Å². The van der Waals surface area contributed by atoms with Crippen LogP contribution in [0.25, 0.3) is 11.1 Å². The van der Waals surface area contributed by atoms with Gasteiger partial charge in [-0.1, -0.05) is 0 Å². The molecule has 0 bridgehead atoms. The Labute approximate surface area is 283 Å². The van der Waals surface area contributed by atoms with Gasteiger partial charge >= 0.3 is 261 Å². The Hall–Kier alpha value is -2.48. The predicted octanol–water partition coefficient (Wildman–Crippen LogP) is 4.48. The van der Waals surface area contributed by atoms with Crippen molar-refractivity contribution in [3.05, 3.63) is 153 Å². The van der Waals surface area contributed by atoms with Crippen molar-refractivity contribution in [1.82, 2.24) is 0 Å². The first-order chi connectivity index (χ1) is 20.1. The van der Waals surface area contributed by atoms with Crippen LogP contribution in [-0.4, -0.2) is 3.81 Å². The van der Waals surface area contributed by atoms with Gasteiger partial charge in [-0.3, -0.25) is 0 Å². The van der Waals surface area contributed by atoms with E-state index in [2.05, 4.69) is 157 Å². The zero-order valence-corrected chi connectivity index (χ0v) is 30.0. The summed E-state index contributed by atoms with van der Waals surface area (Å²) in [5.74, 6) is 0. The zero-order valence-electron chi connectivity index (χ0n) is 26.9. The fourth-order valence-electron chi connectivity index (χ4n) is 6.70. The van der Waals surface area contributed by atoms with Gasteiger partial charge in [-0.15, -0.1) is 0 Å². The van der Waals surface area contributed by atoms with Gasteiger partial charge in [0.05, 0.1) is 0 Å². The molecule has 0 amide bonds. The van der Waals surface area contributed by atoms with E-state index >= 15 is 0 Å². The number of fused-ring (bicyclic) bond motifs is 3. The molecule has 0 saturated carbocycles. The van der Waals surface area contributed by atoms with Crippen LogP contribution in [0.1, 0.15) is 85.6 Å². The Kier molecular flexibility index (Phi) is 10.9. The first kappa shape index (κ1) is 34.4. The fraction of sp³-hybridized carbons (Fsp3) is 0.293. The summed E-state index contributed by atoms with van der Waals surface area (Å²) in [6.07, 6.45) is 10.4. The summed E-state index contributed by atoms with van der Waals surface area (Å²) < 4.78 is 3.94. The van der Waals surface area contributed by atoms with E-state index in [1.807, 2.05) is 0 Å². The van der Waals surface area contributed by atoms with Crippen LogP contribution >= 0.6 is 0 Å². The second-order valence-corrected chi connectivity index (χ2v) is 18.5. The third-order valence-electron chi connectivity index (χ3n) is 9.06. The maximum absolute atomic E-state index is 2.53. The smallest absolute Gasteiger partial charge is 1.00 e. The van der Waals surface area contributed by atoms with E-state index < -0.39 is 17.4 Å². The number of benzene rings is 4. The molecule has 0 nitrogen and oxygen atoms in total. The van der Waals surface area contributed by atoms with Crippen molar-refractivity contribution in [2.24, 2.45) is 0 Å². The summed E-state index contributed by atoms with van der Waals surface area (Å²) >= 11 is -2.07. The molecule has 0 radical (unpaired) electrons. The molecule has 0 aromatic heterocycles. The van der Waals surface area contributed by atoms with Crippen LogP contribution in [0, 0.1) is 0 Å². The summed E-state index contributed by atoms with van der Waals surface area (Å²) in [6.45, 7) is 14.0. The van der Waals surface area contributed by atoms with Crippen LogP contribution in [0.3, 0.4) is 0 Å². The minimum atomic E-state index is -2.07. The monoisotopic (exact) mass is 654 g/mol. The van der Waals surface area contributed by atoms with E-state index in [1.165, 1.54) is 33.4 Å². The van der Waals surface area contributed by atoms with Crippen LogP contribution in [0.15, 0.2) is 119 Å². The molecule has 0 heterocycles. The van der Waals surface area contributed by atoms with Gasteiger partial charge in [-0.2, -0.15) is 0 Å². The molecule has 0 aliphatic heterocycles. The number of hydrogen-bond acceptors (Lipinski definition) is 0. The van der Waals surface area contributed by atoms with Gasteiger partial charge in [0, 0.05) is 0 Å². The van der Waals surface area contributed by atoms with Crippen molar-refractivity contribution < 1.29 is 42.2 Å². The molecule has 4 aromatic carbocycles. The van der Waals surface area contributed by atoms with Gasteiger partial charge in [0.2, 0.25) is 0 Å². The average Bonchev–Trinajstić information content (AvgIpc) is 3.60. The van der Waals surface area contributed by atoms with E-state index in [4.69, 9.17) is 0 Å². The molecule has 0 N–H and O–H groups in total. The molecule has 0 fully saturated rings. The Morgan fingerprint density at radius 2 is 1.09 bits per heavy atom. The second-order valence-electron chi connectivity index (χ2n) is 14.2. The maximum atomic E-state index is 2.53. The molecule has 3 heteroatoms. The van der Waals surface area contributed by atoms with Gasteiger partial charge in [-0.05, 0) is 0 Å². The minimum Gasteiger partial charge on any atom is -1.00 e. The molecule has 2 aliphatic carbocycles. The first-order valence-electron chi connectivity index (χ1n) is 15.5. The van der Waals surface area contributed by atoms with E-state index in [-0.39, 0.29) is 35.6 Å². The standard InChI is InChI=1S/C21H25.C15H14.C5H5.2ClH.Ti/c1-20(2,3)16-9-7-14-11-15-8-10-17(21(4,5)6)13-19(15)18(14)12-16;1-3-8-14(9-4-1)12-7-13-15-10-5-2-6-11-15;1-2-4-5-3-1;;;/h7-13H,1-6H3;1-6,8-11H,12-13H2;1-3H,4H2;2*1H;/q;;;;;+2/p-2. The first-order valence-corrected chi connectivity index (χ1v) is 18.0. The minimum absolute atomic E-state index is 0. The van der Waals surface area contributed by atoms with E-state index in [9.17, 15) is 0 Å². The molecule has 0 unspecified atom stereocenters. The Morgan fingerprint density at radius 3 is 1.48 bits per heavy atom. The van der Waals surface area contributed by atoms with E-state index in [1.54, 1.807) is 18.8 Å². The van der Waals surface area contributed by atoms with Crippen molar-refractivity contribution in [1.29, 1.82) is 0 Å². The fourth-order valence-corrected chi connectivity index (χ4v) is 12.6. The largest absolute Gasteiger partial charge is 1.00 e. The van der Waals surface area contributed by atoms with Gasteiger partial charge in [0.1, 0.15) is 0 Å². The van der Waals surface area contributed by atoms with Crippen molar-refractivity contribution in [3.8, 4) is 11.1 Å². The summed E-state index contributed by atoms with van der Waals surface area (Å²) in [5.41, 5.74) is 12.0. The van der Waals surface area contributed by atoms with Crippen molar-refractivity contribution in [2.75, 3.05) is 0 Å². The van der Waals surface area contributed by atoms with Gasteiger partial charge in [-0.25, -0.2) is 0 Å². The molecule has 4 aromatic rings. The van der Waals surface area contributed by atoms with Crippen LogP contribution in [0.5, 0.6) is 0 Å². The molecule has 2 aliphatic rings. The molecule has 0 spiro atoms. The van der Waals surface area contributed by atoms with Gasteiger partial charge in [0.15, 0.2) is 0 Å². The quantitative estimate of drug-likeness (QED) is 0.269. The predicted molar refractivity (Wildman–Crippen MR) is 178 cm³/mol. The van der Waals surface area contributed by atoms with Crippen molar-refractivity contribution in [3.63, 3.8) is 0 Å². The molecular weight excluding hydrogens is 611 g/mol. The molecule has 44 heavy (non-hydrogen) atoms. The third kappa shape index (κ3) is 7.16. The molecular formula is C41H44Cl2Ti. The van der Waals surface area contributed by atoms with Crippen molar-refractivity contribution >= 4 is 3.81 Å². The molecule has 226 valence electrons. The molecule has 6 rings (SSSR count). The van der Waals surface area contributed by atoms with E-state index in [0.717, 1.165) is 19.3 Å². The number of rotatable bonds is 6. The van der Waals surface area contributed by atoms with Gasteiger partial charge < -0.3 is 24.8 Å². The third-order valence-corrected chi connectivity index (χ3v) is 14.3. The second kappa shape index (κ2) is 13.9. The van der Waals surface area contributed by atoms with E-state index in [0.29, 0.717) is 4.22 Å². The summed E-state index contributed by atoms with van der Waals surface area (Å²) in [5, 5.41) is 0. The van der Waals surface area contributed by atoms with Crippen LogP contribution in [0.2, 0.25) is 0 Å². The Bertz CT molecular complexity index is 1590.